The maximum Gasteiger partial charge on any atom is 0.253 e. The summed E-state index contributed by atoms with van der Waals surface area (Å²) in [6.07, 6.45) is 7.64. The molecule has 0 radical (unpaired) electrons. The van der Waals surface area contributed by atoms with Gasteiger partial charge in [-0.2, -0.15) is 4.39 Å². The molecule has 0 unspecified atom stereocenters. The second kappa shape index (κ2) is 9.77. The van der Waals surface area contributed by atoms with Crippen LogP contribution in [-0.2, 0) is 0 Å². The Bertz CT molecular complexity index is 1100. The first-order valence-corrected chi connectivity index (χ1v) is 10.1. The van der Waals surface area contributed by atoms with Crippen LogP contribution in [0.5, 0.6) is 0 Å². The number of pyridine rings is 1. The lowest BCUT2D eigenvalue weighted by Gasteiger charge is -2.15. The number of carbonyl (C=O) groups excluding carboxylic acids is 1. The van der Waals surface area contributed by atoms with Gasteiger partial charge in [0.05, 0.1) is 16.3 Å². The van der Waals surface area contributed by atoms with Crippen molar-refractivity contribution in [2.75, 3.05) is 11.9 Å². The van der Waals surface area contributed by atoms with E-state index in [0.29, 0.717) is 27.1 Å². The second-order valence-corrected chi connectivity index (χ2v) is 7.82. The molecule has 2 aromatic rings. The average Bonchev–Trinajstić information content (AvgIpc) is 2.92. The van der Waals surface area contributed by atoms with Crippen LogP contribution in [0, 0.1) is 0 Å². The molecule has 30 heavy (non-hydrogen) atoms. The molecule has 0 fully saturated rings. The van der Waals surface area contributed by atoms with Crippen LogP contribution in [-0.4, -0.2) is 17.4 Å². The molecule has 1 aliphatic carbocycles. The van der Waals surface area contributed by atoms with Crippen molar-refractivity contribution >= 4 is 40.6 Å². The predicted octanol–water partition coefficient (Wildman–Crippen LogP) is 6.49. The van der Waals surface area contributed by atoms with Crippen molar-refractivity contribution in [1.29, 1.82) is 0 Å². The van der Waals surface area contributed by atoms with E-state index in [0.717, 1.165) is 11.1 Å². The van der Waals surface area contributed by atoms with Crippen molar-refractivity contribution in [2.24, 2.45) is 0 Å². The summed E-state index contributed by atoms with van der Waals surface area (Å²) in [6, 6.07) is 6.97. The number of hydrogen-bond donors (Lipinski definition) is 2. The molecule has 4 nitrogen and oxygen atoms in total. The summed E-state index contributed by atoms with van der Waals surface area (Å²) in [5.74, 6) is -0.0465. The van der Waals surface area contributed by atoms with Crippen LogP contribution in [0.15, 0.2) is 71.9 Å². The first-order valence-electron chi connectivity index (χ1n) is 9.33. The SMILES string of the molecule is CC(C)c1cc(Nc2ccc(Cl)cc2Cl)ncc1C(=O)NCC1=CC=C=C(F)C=C1. The third-order valence-corrected chi connectivity index (χ3v) is 4.96. The fourth-order valence-electron chi connectivity index (χ4n) is 2.84. The van der Waals surface area contributed by atoms with E-state index < -0.39 is 5.83 Å². The highest BCUT2D eigenvalue weighted by molar-refractivity contribution is 6.36. The summed E-state index contributed by atoms with van der Waals surface area (Å²) in [5.41, 5.74) is 5.22. The number of carbonyl (C=O) groups is 1. The number of rotatable bonds is 6. The largest absolute Gasteiger partial charge is 0.348 e. The molecule has 1 amide bonds. The first kappa shape index (κ1) is 21.8. The standard InChI is InChI=1S/C23H20Cl2FN3O/c1-14(2)18-11-22(29-21-9-7-16(24)10-20(21)25)27-13-19(18)23(30)28-12-15-4-3-5-17(26)8-6-15/h3-4,6-11,13-14H,12H2,1-2H3,(H,27,29)(H,28,30). The zero-order valence-electron chi connectivity index (χ0n) is 16.5. The Labute approximate surface area is 184 Å². The smallest absolute Gasteiger partial charge is 0.253 e. The first-order chi connectivity index (χ1) is 14.3. The van der Waals surface area contributed by atoms with E-state index in [1.165, 1.54) is 18.3 Å². The fourth-order valence-corrected chi connectivity index (χ4v) is 3.30. The summed E-state index contributed by atoms with van der Waals surface area (Å²) < 4.78 is 13.2. The Morgan fingerprint density at radius 3 is 2.77 bits per heavy atom. The van der Waals surface area contributed by atoms with Gasteiger partial charge in [0, 0.05) is 17.8 Å². The number of hydrogen-bond acceptors (Lipinski definition) is 3. The molecule has 154 valence electrons. The Balaban J connectivity index is 1.76. The molecule has 0 atom stereocenters. The van der Waals surface area contributed by atoms with E-state index >= 15 is 0 Å². The highest BCUT2D eigenvalue weighted by atomic mass is 35.5. The minimum atomic E-state index is -0.456. The molecule has 0 saturated carbocycles. The normalized spacial score (nSPS) is 13.0. The number of amides is 1. The van der Waals surface area contributed by atoms with Crippen LogP contribution in [0.2, 0.25) is 10.0 Å². The van der Waals surface area contributed by atoms with Crippen molar-refractivity contribution in [3.8, 4) is 0 Å². The molecule has 7 heteroatoms. The van der Waals surface area contributed by atoms with E-state index in [1.54, 1.807) is 30.4 Å². The number of aromatic nitrogens is 1. The van der Waals surface area contributed by atoms with Crippen LogP contribution in [0.1, 0.15) is 35.7 Å². The molecule has 1 heterocycles. The minimum Gasteiger partial charge on any atom is -0.348 e. The van der Waals surface area contributed by atoms with Gasteiger partial charge < -0.3 is 10.6 Å². The van der Waals surface area contributed by atoms with Crippen LogP contribution in [0.4, 0.5) is 15.9 Å². The Morgan fingerprint density at radius 2 is 2.03 bits per heavy atom. The van der Waals surface area contributed by atoms with E-state index in [2.05, 4.69) is 21.3 Å². The predicted molar refractivity (Wildman–Crippen MR) is 120 cm³/mol. The summed E-state index contributed by atoms with van der Waals surface area (Å²) in [6.45, 7) is 4.26. The number of halogens is 3. The number of benzene rings is 1. The van der Waals surface area contributed by atoms with Gasteiger partial charge in [-0.1, -0.05) is 48.9 Å². The lowest BCUT2D eigenvalue weighted by molar-refractivity contribution is 0.0955. The molecule has 0 saturated heterocycles. The molecule has 1 aliphatic rings. The van der Waals surface area contributed by atoms with Gasteiger partial charge in [0.1, 0.15) is 5.82 Å². The van der Waals surface area contributed by atoms with Crippen LogP contribution in [0.25, 0.3) is 0 Å². The minimum absolute atomic E-state index is 0.0909. The van der Waals surface area contributed by atoms with Crippen molar-refractivity contribution in [1.82, 2.24) is 10.3 Å². The van der Waals surface area contributed by atoms with E-state index in [4.69, 9.17) is 23.2 Å². The Kier molecular flexibility index (Phi) is 7.11. The highest BCUT2D eigenvalue weighted by Crippen LogP contribution is 2.29. The number of allylic oxidation sites excluding steroid dienone is 3. The maximum atomic E-state index is 13.2. The monoisotopic (exact) mass is 443 g/mol. The van der Waals surface area contributed by atoms with Gasteiger partial charge >= 0.3 is 0 Å². The quantitative estimate of drug-likeness (QED) is 0.501. The lowest BCUT2D eigenvalue weighted by atomic mass is 9.98. The summed E-state index contributed by atoms with van der Waals surface area (Å²) in [7, 11) is 0. The van der Waals surface area contributed by atoms with E-state index in [9.17, 15) is 9.18 Å². The van der Waals surface area contributed by atoms with Gasteiger partial charge in [-0.3, -0.25) is 4.79 Å². The van der Waals surface area contributed by atoms with E-state index in [1.807, 2.05) is 19.9 Å². The second-order valence-electron chi connectivity index (χ2n) is 6.98. The summed E-state index contributed by atoms with van der Waals surface area (Å²) in [4.78, 5) is 17.1. The highest BCUT2D eigenvalue weighted by Gasteiger charge is 2.16. The van der Waals surface area contributed by atoms with Gasteiger partial charge in [0.2, 0.25) is 0 Å². The van der Waals surface area contributed by atoms with Crippen LogP contribution < -0.4 is 10.6 Å². The molecule has 0 bridgehead atoms. The zero-order valence-corrected chi connectivity index (χ0v) is 18.0. The fraction of sp³-hybridized carbons (Fsp3) is 0.174. The van der Waals surface area contributed by atoms with Gasteiger partial charge in [0.15, 0.2) is 5.83 Å². The van der Waals surface area contributed by atoms with Crippen molar-refractivity contribution in [3.05, 3.63) is 93.1 Å². The molecule has 1 aromatic carbocycles. The summed E-state index contributed by atoms with van der Waals surface area (Å²) in [5, 5.41) is 7.03. The molecular formula is C23H20Cl2FN3O. The number of nitrogens with zero attached hydrogens (tertiary/aromatic N) is 1. The maximum absolute atomic E-state index is 13.2. The Morgan fingerprint density at radius 1 is 1.23 bits per heavy atom. The average molecular weight is 444 g/mol. The Hall–Kier alpha value is -2.85. The van der Waals surface area contributed by atoms with Gasteiger partial charge in [-0.25, -0.2) is 4.98 Å². The molecule has 3 rings (SSSR count). The molecular weight excluding hydrogens is 424 g/mol. The van der Waals surface area contributed by atoms with Gasteiger partial charge in [-0.15, -0.1) is 0 Å². The van der Waals surface area contributed by atoms with Crippen LogP contribution >= 0.6 is 23.2 Å². The van der Waals surface area contributed by atoms with Gasteiger partial charge in [-0.05, 0) is 59.5 Å². The van der Waals surface area contributed by atoms with Crippen LogP contribution in [0.3, 0.4) is 0 Å². The molecule has 0 spiro atoms. The number of nitrogens with one attached hydrogen (secondary N) is 2. The number of anilines is 2. The third kappa shape index (κ3) is 5.61. The lowest BCUT2D eigenvalue weighted by Crippen LogP contribution is -2.26. The topological polar surface area (TPSA) is 54.0 Å². The summed E-state index contributed by atoms with van der Waals surface area (Å²) >= 11 is 12.2. The molecule has 2 N–H and O–H groups in total. The van der Waals surface area contributed by atoms with Gasteiger partial charge in [0.25, 0.3) is 5.91 Å². The molecule has 0 aliphatic heterocycles. The van der Waals surface area contributed by atoms with Crippen molar-refractivity contribution in [2.45, 2.75) is 19.8 Å². The third-order valence-electron chi connectivity index (χ3n) is 4.41. The van der Waals surface area contributed by atoms with Crippen molar-refractivity contribution in [3.63, 3.8) is 0 Å². The zero-order chi connectivity index (χ0) is 21.7. The van der Waals surface area contributed by atoms with Crippen molar-refractivity contribution < 1.29 is 9.18 Å². The van der Waals surface area contributed by atoms with E-state index in [-0.39, 0.29) is 18.4 Å². The molecule has 1 aromatic heterocycles.